The molecule has 1 aliphatic heterocycles. The maximum atomic E-state index is 12.2. The van der Waals surface area contributed by atoms with E-state index in [-0.39, 0.29) is 18.5 Å². The first-order valence-corrected chi connectivity index (χ1v) is 9.58. The topological polar surface area (TPSA) is 62.7 Å². The molecule has 0 bridgehead atoms. The second kappa shape index (κ2) is 7.04. The van der Waals surface area contributed by atoms with Crippen molar-refractivity contribution in [2.24, 2.45) is 0 Å². The van der Waals surface area contributed by atoms with E-state index in [1.54, 1.807) is 15.6 Å². The molecule has 1 aromatic heterocycles. The molecule has 0 amide bonds. The van der Waals surface area contributed by atoms with Gasteiger partial charge < -0.3 is 9.64 Å². The van der Waals surface area contributed by atoms with Crippen LogP contribution in [0.3, 0.4) is 0 Å². The highest BCUT2D eigenvalue weighted by Crippen LogP contribution is 2.23. The van der Waals surface area contributed by atoms with Gasteiger partial charge in [0.1, 0.15) is 0 Å². The normalized spacial score (nSPS) is 17.6. The lowest BCUT2D eigenvalue weighted by Gasteiger charge is -2.33. The van der Waals surface area contributed by atoms with Crippen LogP contribution in [-0.4, -0.2) is 62.3 Å². The standard InChI is InChI=1S/C13H23N3O3S2/c1-11(2)19-8-9-21(17,18)16-6-4-15(5-7-16)13-14-10-12(3)20-13/h10-11H,4-9H2,1-3H3. The van der Waals surface area contributed by atoms with E-state index >= 15 is 0 Å². The van der Waals surface area contributed by atoms with Crippen molar-refractivity contribution < 1.29 is 13.2 Å². The molecule has 6 nitrogen and oxygen atoms in total. The SMILES string of the molecule is Cc1cnc(N2CCN(S(=O)(=O)CCOC(C)C)CC2)s1. The maximum Gasteiger partial charge on any atom is 0.216 e. The Hall–Kier alpha value is -0.700. The number of hydrogen-bond donors (Lipinski definition) is 0. The number of rotatable bonds is 6. The molecule has 0 aromatic carbocycles. The van der Waals surface area contributed by atoms with Crippen LogP contribution < -0.4 is 4.90 Å². The Bertz CT molecular complexity index is 549. The van der Waals surface area contributed by atoms with Crippen LogP contribution in [0.4, 0.5) is 5.13 Å². The molecule has 2 rings (SSSR count). The van der Waals surface area contributed by atoms with Gasteiger partial charge in [0, 0.05) is 37.3 Å². The van der Waals surface area contributed by atoms with Gasteiger partial charge in [-0.1, -0.05) is 0 Å². The van der Waals surface area contributed by atoms with Crippen molar-refractivity contribution in [2.75, 3.05) is 43.4 Å². The predicted octanol–water partition coefficient (Wildman–Crippen LogP) is 1.33. The summed E-state index contributed by atoms with van der Waals surface area (Å²) < 4.78 is 31.4. The molecular formula is C13H23N3O3S2. The van der Waals surface area contributed by atoms with Crippen LogP contribution in [0.15, 0.2) is 6.20 Å². The lowest BCUT2D eigenvalue weighted by Crippen LogP contribution is -2.49. The van der Waals surface area contributed by atoms with Gasteiger partial charge >= 0.3 is 0 Å². The summed E-state index contributed by atoms with van der Waals surface area (Å²) in [6, 6.07) is 0. The molecule has 0 N–H and O–H groups in total. The summed E-state index contributed by atoms with van der Waals surface area (Å²) in [5.41, 5.74) is 0. The lowest BCUT2D eigenvalue weighted by atomic mass is 10.4. The van der Waals surface area contributed by atoms with Crippen molar-refractivity contribution >= 4 is 26.5 Å². The third-order valence-corrected chi connectivity index (χ3v) is 6.11. The predicted molar refractivity (Wildman–Crippen MR) is 85.5 cm³/mol. The minimum atomic E-state index is -3.21. The molecule has 1 aliphatic rings. The number of aryl methyl sites for hydroxylation is 1. The molecule has 8 heteroatoms. The van der Waals surface area contributed by atoms with Crippen molar-refractivity contribution in [3.8, 4) is 0 Å². The number of nitrogens with zero attached hydrogens (tertiary/aromatic N) is 3. The molecule has 0 spiro atoms. The molecule has 0 atom stereocenters. The fourth-order valence-electron chi connectivity index (χ4n) is 2.16. The number of ether oxygens (including phenoxy) is 1. The van der Waals surface area contributed by atoms with Gasteiger partial charge in [-0.25, -0.2) is 13.4 Å². The second-order valence-electron chi connectivity index (χ2n) is 5.38. The fraction of sp³-hybridized carbons (Fsp3) is 0.769. The molecular weight excluding hydrogens is 310 g/mol. The highest BCUT2D eigenvalue weighted by Gasteiger charge is 2.27. The Morgan fingerprint density at radius 2 is 2.00 bits per heavy atom. The zero-order valence-corrected chi connectivity index (χ0v) is 14.4. The van der Waals surface area contributed by atoms with Gasteiger partial charge in [-0.3, -0.25) is 0 Å². The first-order chi connectivity index (χ1) is 9.88. The summed E-state index contributed by atoms with van der Waals surface area (Å²) in [5.74, 6) is 0.0571. The van der Waals surface area contributed by atoms with Gasteiger partial charge in [0.05, 0.1) is 18.5 Å². The number of anilines is 1. The molecule has 120 valence electrons. The van der Waals surface area contributed by atoms with Gasteiger partial charge in [-0.15, -0.1) is 11.3 Å². The van der Waals surface area contributed by atoms with Crippen molar-refractivity contribution in [2.45, 2.75) is 26.9 Å². The summed E-state index contributed by atoms with van der Waals surface area (Å²) in [6.07, 6.45) is 1.91. The smallest absolute Gasteiger partial charge is 0.216 e. The number of thiazole rings is 1. The summed E-state index contributed by atoms with van der Waals surface area (Å²) >= 11 is 1.65. The summed E-state index contributed by atoms with van der Waals surface area (Å²) in [5, 5.41) is 0.979. The van der Waals surface area contributed by atoms with E-state index in [1.165, 1.54) is 4.88 Å². The molecule has 2 heterocycles. The molecule has 0 unspecified atom stereocenters. The summed E-state index contributed by atoms with van der Waals surface area (Å²) in [7, 11) is -3.21. The minimum Gasteiger partial charge on any atom is -0.378 e. The molecule has 1 fully saturated rings. The van der Waals surface area contributed by atoms with E-state index in [0.717, 1.165) is 5.13 Å². The first kappa shape index (κ1) is 16.7. The van der Waals surface area contributed by atoms with E-state index in [9.17, 15) is 8.42 Å². The lowest BCUT2D eigenvalue weighted by molar-refractivity contribution is 0.0906. The number of sulfonamides is 1. The van der Waals surface area contributed by atoms with Crippen LogP contribution in [0.25, 0.3) is 0 Å². The van der Waals surface area contributed by atoms with Gasteiger partial charge in [0.25, 0.3) is 0 Å². The van der Waals surface area contributed by atoms with Gasteiger partial charge in [0.15, 0.2) is 5.13 Å². The molecule has 1 saturated heterocycles. The van der Waals surface area contributed by atoms with Gasteiger partial charge in [-0.2, -0.15) is 4.31 Å². The molecule has 0 aliphatic carbocycles. The minimum absolute atomic E-state index is 0.0571. The number of hydrogen-bond acceptors (Lipinski definition) is 6. The van der Waals surface area contributed by atoms with E-state index in [2.05, 4.69) is 9.88 Å². The molecule has 0 saturated carbocycles. The Labute approximate surface area is 130 Å². The zero-order valence-electron chi connectivity index (χ0n) is 12.8. The quantitative estimate of drug-likeness (QED) is 0.786. The average molecular weight is 333 g/mol. The average Bonchev–Trinajstić information content (AvgIpc) is 2.85. The first-order valence-electron chi connectivity index (χ1n) is 7.15. The van der Waals surface area contributed by atoms with Crippen LogP contribution >= 0.6 is 11.3 Å². The second-order valence-corrected chi connectivity index (χ2v) is 8.68. The monoisotopic (exact) mass is 333 g/mol. The number of aromatic nitrogens is 1. The van der Waals surface area contributed by atoms with E-state index in [4.69, 9.17) is 4.74 Å². The van der Waals surface area contributed by atoms with Crippen LogP contribution in [0.5, 0.6) is 0 Å². The van der Waals surface area contributed by atoms with E-state index in [0.29, 0.717) is 26.2 Å². The van der Waals surface area contributed by atoms with Crippen molar-refractivity contribution in [3.05, 3.63) is 11.1 Å². The highest BCUT2D eigenvalue weighted by atomic mass is 32.2. The Morgan fingerprint density at radius 1 is 1.33 bits per heavy atom. The summed E-state index contributed by atoms with van der Waals surface area (Å²) in [4.78, 5) is 7.67. The Kier molecular flexibility index (Phi) is 5.59. The molecule has 0 radical (unpaired) electrons. The third-order valence-electron chi connectivity index (χ3n) is 3.30. The maximum absolute atomic E-state index is 12.2. The Morgan fingerprint density at radius 3 is 2.52 bits per heavy atom. The van der Waals surface area contributed by atoms with Gasteiger partial charge in [0.2, 0.25) is 10.0 Å². The third kappa shape index (κ3) is 4.64. The van der Waals surface area contributed by atoms with Crippen molar-refractivity contribution in [3.63, 3.8) is 0 Å². The zero-order chi connectivity index (χ0) is 15.5. The highest BCUT2D eigenvalue weighted by molar-refractivity contribution is 7.89. The molecule has 1 aromatic rings. The fourth-order valence-corrected chi connectivity index (χ4v) is 4.26. The van der Waals surface area contributed by atoms with E-state index in [1.807, 2.05) is 27.0 Å². The largest absolute Gasteiger partial charge is 0.378 e. The number of piperazine rings is 1. The van der Waals surface area contributed by atoms with Gasteiger partial charge in [-0.05, 0) is 20.8 Å². The van der Waals surface area contributed by atoms with Crippen molar-refractivity contribution in [1.82, 2.24) is 9.29 Å². The molecule has 21 heavy (non-hydrogen) atoms. The summed E-state index contributed by atoms with van der Waals surface area (Å²) in [6.45, 7) is 8.50. The van der Waals surface area contributed by atoms with E-state index < -0.39 is 10.0 Å². The van der Waals surface area contributed by atoms with Crippen LogP contribution in [0, 0.1) is 6.92 Å². The van der Waals surface area contributed by atoms with Crippen LogP contribution in [-0.2, 0) is 14.8 Å². The Balaban J connectivity index is 1.85. The van der Waals surface area contributed by atoms with Crippen molar-refractivity contribution in [1.29, 1.82) is 0 Å². The van der Waals surface area contributed by atoms with Crippen LogP contribution in [0.1, 0.15) is 18.7 Å². The van der Waals surface area contributed by atoms with Crippen LogP contribution in [0.2, 0.25) is 0 Å².